The van der Waals surface area contributed by atoms with Crippen LogP contribution in [0.1, 0.15) is 0 Å². The van der Waals surface area contributed by atoms with E-state index in [2.05, 4.69) is 0 Å². The summed E-state index contributed by atoms with van der Waals surface area (Å²) in [6.07, 6.45) is 0. The third-order valence-corrected chi connectivity index (χ3v) is 0. The van der Waals surface area contributed by atoms with Crippen LogP contribution >= 0.6 is 0 Å². The SMILES string of the molecule is O.[Bi].[Ca].[Cu].[Pb].[Sr]. The van der Waals surface area contributed by atoms with Crippen LogP contribution in [0.25, 0.3) is 0 Å². The van der Waals surface area contributed by atoms with E-state index in [-0.39, 0.29) is 159 Å². The van der Waals surface area contributed by atoms with Gasteiger partial charge in [0, 0.05) is 154 Å². The van der Waals surface area contributed by atoms with Crippen molar-refractivity contribution in [2.75, 3.05) is 0 Å². The van der Waals surface area contributed by atoms with E-state index < -0.39 is 0 Å². The van der Waals surface area contributed by atoms with Gasteiger partial charge >= 0.3 is 0 Å². The molecule has 0 aliphatic rings. The van der Waals surface area contributed by atoms with E-state index in [1.807, 2.05) is 0 Å². The summed E-state index contributed by atoms with van der Waals surface area (Å²) < 4.78 is 0. The number of hydrogen-bond donors (Lipinski definition) is 0. The predicted molar refractivity (Wildman–Crippen MR) is 26.6 cm³/mol. The van der Waals surface area contributed by atoms with Gasteiger partial charge in [0.05, 0.1) is 0 Å². The zero-order valence-electron chi connectivity index (χ0n) is 3.16. The van der Waals surface area contributed by atoms with Gasteiger partial charge < -0.3 is 5.48 Å². The average molecular weight is 625 g/mol. The van der Waals surface area contributed by atoms with E-state index in [0.717, 1.165) is 0 Å². The van der Waals surface area contributed by atoms with E-state index in [0.29, 0.717) is 0 Å². The summed E-state index contributed by atoms with van der Waals surface area (Å²) in [5.74, 6) is 0. The van der Waals surface area contributed by atoms with Crippen LogP contribution in [0, 0.1) is 0 Å². The predicted octanol–water partition coefficient (Wildman–Crippen LogP) is -2.35. The summed E-state index contributed by atoms with van der Waals surface area (Å²) in [6.45, 7) is 0. The molecule has 0 saturated carbocycles. The summed E-state index contributed by atoms with van der Waals surface area (Å²) in [4.78, 5) is 0. The maximum absolute atomic E-state index is 0. The van der Waals surface area contributed by atoms with E-state index in [1.165, 1.54) is 0 Å². The molecule has 0 aliphatic heterocycles. The fourth-order valence-corrected chi connectivity index (χ4v) is 0. The second-order valence-electron chi connectivity index (χ2n) is 0. The second-order valence-corrected chi connectivity index (χ2v) is 0. The van der Waals surface area contributed by atoms with Crippen LogP contribution in [-0.4, -0.2) is 142 Å². The van der Waals surface area contributed by atoms with E-state index in [4.69, 9.17) is 0 Å². The van der Waals surface area contributed by atoms with Gasteiger partial charge in [0.2, 0.25) is 0 Å². The maximum atomic E-state index is 0. The van der Waals surface area contributed by atoms with Crippen LogP contribution in [0.5, 0.6) is 0 Å². The fraction of sp³-hybridized carbons (Fsp3) is 0. The summed E-state index contributed by atoms with van der Waals surface area (Å²) in [5, 5.41) is 0. The van der Waals surface area contributed by atoms with E-state index >= 15 is 0 Å². The van der Waals surface area contributed by atoms with Crippen molar-refractivity contribution in [2.45, 2.75) is 0 Å². The third kappa shape index (κ3) is 23.0. The molecule has 6 heavy (non-hydrogen) atoms. The van der Waals surface area contributed by atoms with Crippen LogP contribution in [0.15, 0.2) is 0 Å². The van der Waals surface area contributed by atoms with Crippen LogP contribution in [0.2, 0.25) is 0 Å². The molecule has 1 nitrogen and oxygen atoms in total. The zero-order valence-corrected chi connectivity index (χ0v) is 17.2. The normalized spacial score (nSPS) is 0. The first kappa shape index (κ1) is 43.9. The van der Waals surface area contributed by atoms with Crippen molar-refractivity contribution in [1.29, 1.82) is 0 Å². The minimum atomic E-state index is 0. The third-order valence-electron chi connectivity index (χ3n) is 0. The first-order valence-corrected chi connectivity index (χ1v) is 0. The van der Waals surface area contributed by atoms with E-state index in [9.17, 15) is 0 Å². The topological polar surface area (TPSA) is 31.5 Å². The molecule has 0 fully saturated rings. The first-order chi connectivity index (χ1) is 0. The summed E-state index contributed by atoms with van der Waals surface area (Å²) in [7, 11) is 0. The maximum Gasteiger partial charge on any atom is 0 e. The molecular formula is H2BiCaCuOPbSr. The van der Waals surface area contributed by atoms with Gasteiger partial charge in [-0.25, -0.2) is 0 Å². The molecule has 0 bridgehead atoms. The molecule has 0 atom stereocenters. The van der Waals surface area contributed by atoms with Gasteiger partial charge in [-0.3, -0.25) is 0 Å². The molecule has 0 heterocycles. The minimum absolute atomic E-state index is 0. The zero-order chi connectivity index (χ0) is 0. The van der Waals surface area contributed by atoms with Gasteiger partial charge in [0.25, 0.3) is 0 Å². The van der Waals surface area contributed by atoms with Gasteiger partial charge in [0.15, 0.2) is 0 Å². The Hall–Kier alpha value is 5.02. The van der Waals surface area contributed by atoms with Crippen LogP contribution < -0.4 is 0 Å². The molecule has 0 spiro atoms. The number of rotatable bonds is 0. The molecule has 0 aromatic rings. The molecule has 0 aromatic heterocycles. The Kier molecular flexibility index (Phi) is 237. The van der Waals surface area contributed by atoms with Crippen molar-refractivity contribution in [1.82, 2.24) is 0 Å². The molecule has 0 unspecified atom stereocenters. The fourth-order valence-electron chi connectivity index (χ4n) is 0. The van der Waals surface area contributed by atoms with Crippen molar-refractivity contribution in [3.63, 3.8) is 0 Å². The second kappa shape index (κ2) is 32.3. The molecule has 0 saturated heterocycles. The smallest absolute Gasteiger partial charge is 0 e. The molecule has 0 aromatic carbocycles. The van der Waals surface area contributed by atoms with Crippen molar-refractivity contribution in [3.05, 3.63) is 0 Å². The van der Waals surface area contributed by atoms with Gasteiger partial charge in [-0.05, 0) is 0 Å². The molecule has 0 rings (SSSR count). The average Bonchev–Trinajstić information content (AvgIpc) is 0. The summed E-state index contributed by atoms with van der Waals surface area (Å²) >= 11 is 0. The van der Waals surface area contributed by atoms with Crippen LogP contribution in [0.4, 0.5) is 0 Å². The minimum Gasteiger partial charge on any atom is -0.412 e. The molecule has 0 amide bonds. The Morgan fingerprint density at radius 2 is 1.00 bits per heavy atom. The first-order valence-electron chi connectivity index (χ1n) is 0. The van der Waals surface area contributed by atoms with E-state index in [1.54, 1.807) is 0 Å². The van der Waals surface area contributed by atoms with Gasteiger partial charge in [0.1, 0.15) is 0 Å². The Morgan fingerprint density at radius 1 is 1.00 bits per heavy atom. The molecule has 0 aliphatic carbocycles. The Bertz CT molecular complexity index is 15.5. The molecule has 12 radical (unpaired) electrons. The monoisotopic (exact) mass is 626 g/mol. The van der Waals surface area contributed by atoms with Crippen LogP contribution in [0.3, 0.4) is 0 Å². The largest absolute Gasteiger partial charge is 0.412 e. The molecule has 6 heteroatoms. The van der Waals surface area contributed by atoms with Crippen molar-refractivity contribution in [2.24, 2.45) is 0 Å². The van der Waals surface area contributed by atoms with Gasteiger partial charge in [-0.1, -0.05) is 0 Å². The quantitative estimate of drug-likeness (QED) is 0.271. The number of hydrogen-bond acceptors (Lipinski definition) is 0. The van der Waals surface area contributed by atoms with Gasteiger partial charge in [-0.15, -0.1) is 0 Å². The summed E-state index contributed by atoms with van der Waals surface area (Å²) in [5.41, 5.74) is 0. The Balaban J connectivity index is 0. The molecular weight excluding hydrogens is 623 g/mol. The van der Waals surface area contributed by atoms with Crippen molar-refractivity contribution in [3.8, 4) is 0 Å². The standard InChI is InChI=1S/Bi.Ca.Cu.H2O.Pb.Sr/h;;;1H2;;. The van der Waals surface area contributed by atoms with Gasteiger partial charge in [-0.2, -0.15) is 0 Å². The van der Waals surface area contributed by atoms with Crippen LogP contribution in [-0.2, 0) is 17.1 Å². The summed E-state index contributed by atoms with van der Waals surface area (Å²) in [6, 6.07) is 0. The Morgan fingerprint density at radius 3 is 1.00 bits per heavy atom. The molecule has 32 valence electrons. The molecule has 2 N–H and O–H groups in total. The van der Waals surface area contributed by atoms with Crippen molar-refractivity contribution >= 4 is 137 Å². The van der Waals surface area contributed by atoms with Crippen molar-refractivity contribution < 1.29 is 22.5 Å². The Labute approximate surface area is 154 Å².